The maximum absolute atomic E-state index is 2.69. The highest BCUT2D eigenvalue weighted by atomic mass is 14.6. The van der Waals surface area contributed by atoms with Gasteiger partial charge in [-0.25, -0.2) is 0 Å². The predicted molar refractivity (Wildman–Crippen MR) is 122 cm³/mol. The molecule has 7 atom stereocenters. The Morgan fingerprint density at radius 3 is 2.46 bits per heavy atom. The number of fused-ring (bicyclic) bond motifs is 5. The Labute approximate surface area is 175 Å². The summed E-state index contributed by atoms with van der Waals surface area (Å²) in [5.41, 5.74) is 4.73. The Morgan fingerprint density at radius 1 is 0.929 bits per heavy atom. The van der Waals surface area contributed by atoms with Crippen molar-refractivity contribution in [3.05, 3.63) is 23.3 Å². The number of hydrogen-bond acceptors (Lipinski definition) is 0. The van der Waals surface area contributed by atoms with Crippen molar-refractivity contribution in [2.24, 2.45) is 46.3 Å². The normalized spacial score (nSPS) is 43.7. The van der Waals surface area contributed by atoms with Crippen molar-refractivity contribution in [2.75, 3.05) is 0 Å². The Morgan fingerprint density at radius 2 is 1.71 bits per heavy atom. The molecule has 0 aromatic carbocycles. The highest BCUT2D eigenvalue weighted by molar-refractivity contribution is 5.38. The smallest absolute Gasteiger partial charge is 0.00474 e. The summed E-state index contributed by atoms with van der Waals surface area (Å²) in [6.45, 7) is 15.1. The molecule has 0 aliphatic heterocycles. The van der Waals surface area contributed by atoms with Gasteiger partial charge in [0.2, 0.25) is 0 Å². The average molecular weight is 383 g/mol. The highest BCUT2D eigenvalue weighted by Gasteiger charge is 2.56. The van der Waals surface area contributed by atoms with Crippen molar-refractivity contribution in [1.29, 1.82) is 0 Å². The molecule has 3 fully saturated rings. The molecule has 0 nitrogen and oxygen atoms in total. The molecule has 0 bridgehead atoms. The molecule has 0 aromatic heterocycles. The van der Waals surface area contributed by atoms with Crippen LogP contribution in [0.4, 0.5) is 0 Å². The largest absolute Gasteiger partial charge is 0.0634 e. The molecule has 4 aliphatic carbocycles. The van der Waals surface area contributed by atoms with E-state index in [2.05, 4.69) is 53.7 Å². The predicted octanol–water partition coefficient (Wildman–Crippen LogP) is 8.58. The van der Waals surface area contributed by atoms with Gasteiger partial charge in [0, 0.05) is 0 Å². The fraction of sp³-hybridized carbons (Fsp3) is 0.857. The third-order valence-corrected chi connectivity index (χ3v) is 10.0. The SMILES string of the molecule is CC(C)CCC[C@@H](C)[C@H]1CCC2C3=CC=C4C[C@@H](C)CC[C@]4(C)C3CC[C@@]21C. The molecule has 0 heteroatoms. The van der Waals surface area contributed by atoms with Crippen LogP contribution in [-0.4, -0.2) is 0 Å². The van der Waals surface area contributed by atoms with Gasteiger partial charge in [-0.05, 0) is 91.3 Å². The molecular formula is C28H46. The second-order valence-corrected chi connectivity index (χ2v) is 12.3. The van der Waals surface area contributed by atoms with Crippen LogP contribution in [0, 0.1) is 46.3 Å². The topological polar surface area (TPSA) is 0 Å². The van der Waals surface area contributed by atoms with E-state index in [1.165, 1.54) is 64.2 Å². The summed E-state index contributed by atoms with van der Waals surface area (Å²) in [5, 5.41) is 0. The first kappa shape index (κ1) is 20.7. The lowest BCUT2D eigenvalue weighted by molar-refractivity contribution is 0.0447. The average Bonchev–Trinajstić information content (AvgIpc) is 2.99. The van der Waals surface area contributed by atoms with Crippen molar-refractivity contribution in [3.63, 3.8) is 0 Å². The molecule has 0 aromatic rings. The molecule has 4 rings (SSSR count). The van der Waals surface area contributed by atoms with E-state index in [1.807, 2.05) is 5.57 Å². The molecule has 0 saturated heterocycles. The first-order valence-electron chi connectivity index (χ1n) is 12.7. The molecule has 0 heterocycles. The zero-order chi connectivity index (χ0) is 20.1. The molecule has 28 heavy (non-hydrogen) atoms. The third-order valence-electron chi connectivity index (χ3n) is 10.0. The summed E-state index contributed by atoms with van der Waals surface area (Å²) >= 11 is 0. The fourth-order valence-electron chi connectivity index (χ4n) is 8.21. The molecule has 158 valence electrons. The van der Waals surface area contributed by atoms with Gasteiger partial charge in [-0.3, -0.25) is 0 Å². The second-order valence-electron chi connectivity index (χ2n) is 12.3. The van der Waals surface area contributed by atoms with Crippen LogP contribution in [0.15, 0.2) is 23.3 Å². The first-order chi connectivity index (χ1) is 13.3. The molecule has 0 amide bonds. The standard InChI is InChI=1S/C28H46/c1-19(2)8-7-9-21(4)24-12-13-25-23-11-10-22-18-20(3)14-16-27(22,5)26(23)15-17-28(24,25)6/h10-11,19-21,24-26H,7-9,12-18H2,1-6H3/t20-,21+,24+,25?,26?,27-,28+/m0/s1. The summed E-state index contributed by atoms with van der Waals surface area (Å²) in [6.07, 6.45) is 19.6. The van der Waals surface area contributed by atoms with E-state index in [0.29, 0.717) is 10.8 Å². The van der Waals surface area contributed by atoms with Gasteiger partial charge < -0.3 is 0 Å². The Hall–Kier alpha value is -0.520. The molecule has 2 unspecified atom stereocenters. The van der Waals surface area contributed by atoms with Gasteiger partial charge in [-0.15, -0.1) is 0 Å². The van der Waals surface area contributed by atoms with Crippen LogP contribution in [0.3, 0.4) is 0 Å². The van der Waals surface area contributed by atoms with E-state index in [9.17, 15) is 0 Å². The highest BCUT2D eigenvalue weighted by Crippen LogP contribution is 2.66. The van der Waals surface area contributed by atoms with Gasteiger partial charge in [0.05, 0.1) is 0 Å². The Kier molecular flexibility index (Phi) is 5.65. The minimum Gasteiger partial charge on any atom is -0.0634 e. The van der Waals surface area contributed by atoms with Crippen molar-refractivity contribution >= 4 is 0 Å². The molecule has 4 aliphatic rings. The monoisotopic (exact) mass is 382 g/mol. The van der Waals surface area contributed by atoms with E-state index in [1.54, 1.807) is 5.57 Å². The van der Waals surface area contributed by atoms with E-state index < -0.39 is 0 Å². The van der Waals surface area contributed by atoms with Crippen LogP contribution in [0.2, 0.25) is 0 Å². The molecular weight excluding hydrogens is 336 g/mol. The van der Waals surface area contributed by atoms with Crippen LogP contribution in [0.1, 0.15) is 106 Å². The van der Waals surface area contributed by atoms with Gasteiger partial charge in [-0.1, -0.05) is 84.1 Å². The van der Waals surface area contributed by atoms with Crippen molar-refractivity contribution < 1.29 is 0 Å². The van der Waals surface area contributed by atoms with Gasteiger partial charge in [0.15, 0.2) is 0 Å². The van der Waals surface area contributed by atoms with Crippen molar-refractivity contribution in [3.8, 4) is 0 Å². The Bertz CT molecular complexity index is 636. The minimum atomic E-state index is 0.485. The third kappa shape index (κ3) is 3.35. The number of allylic oxidation sites excluding steroid dienone is 4. The van der Waals surface area contributed by atoms with Gasteiger partial charge in [0.25, 0.3) is 0 Å². The lowest BCUT2D eigenvalue weighted by Crippen LogP contribution is -2.46. The van der Waals surface area contributed by atoms with Crippen LogP contribution >= 0.6 is 0 Å². The van der Waals surface area contributed by atoms with Gasteiger partial charge in [-0.2, -0.15) is 0 Å². The summed E-state index contributed by atoms with van der Waals surface area (Å²) in [5.74, 6) is 5.35. The Balaban J connectivity index is 1.53. The second kappa shape index (κ2) is 7.63. The fourth-order valence-corrected chi connectivity index (χ4v) is 8.21. The van der Waals surface area contributed by atoms with E-state index in [4.69, 9.17) is 0 Å². The molecule has 3 saturated carbocycles. The van der Waals surface area contributed by atoms with E-state index in [0.717, 1.165) is 35.5 Å². The molecule has 0 spiro atoms. The summed E-state index contributed by atoms with van der Waals surface area (Å²) in [7, 11) is 0. The van der Waals surface area contributed by atoms with Crippen LogP contribution in [0.5, 0.6) is 0 Å². The lowest BCUT2D eigenvalue weighted by Gasteiger charge is -2.55. The maximum atomic E-state index is 2.69. The first-order valence-corrected chi connectivity index (χ1v) is 12.7. The zero-order valence-corrected chi connectivity index (χ0v) is 19.7. The number of rotatable bonds is 5. The minimum absolute atomic E-state index is 0.485. The lowest BCUT2D eigenvalue weighted by atomic mass is 9.49. The van der Waals surface area contributed by atoms with Crippen LogP contribution in [-0.2, 0) is 0 Å². The van der Waals surface area contributed by atoms with Gasteiger partial charge >= 0.3 is 0 Å². The van der Waals surface area contributed by atoms with Crippen molar-refractivity contribution in [2.45, 2.75) is 106 Å². The van der Waals surface area contributed by atoms with Crippen LogP contribution < -0.4 is 0 Å². The van der Waals surface area contributed by atoms with E-state index in [-0.39, 0.29) is 0 Å². The summed E-state index contributed by atoms with van der Waals surface area (Å²) < 4.78 is 0. The van der Waals surface area contributed by atoms with E-state index >= 15 is 0 Å². The number of hydrogen-bond donors (Lipinski definition) is 0. The van der Waals surface area contributed by atoms with Crippen molar-refractivity contribution in [1.82, 2.24) is 0 Å². The molecule has 0 N–H and O–H groups in total. The quantitative estimate of drug-likeness (QED) is 0.446. The molecule has 0 radical (unpaired) electrons. The zero-order valence-electron chi connectivity index (χ0n) is 19.7. The maximum Gasteiger partial charge on any atom is -0.00474 e. The van der Waals surface area contributed by atoms with Crippen LogP contribution in [0.25, 0.3) is 0 Å². The summed E-state index contributed by atoms with van der Waals surface area (Å²) in [4.78, 5) is 0. The van der Waals surface area contributed by atoms with Gasteiger partial charge in [0.1, 0.15) is 0 Å². The summed E-state index contributed by atoms with van der Waals surface area (Å²) in [6, 6.07) is 0.